The number of rotatable bonds is 8. The van der Waals surface area contributed by atoms with E-state index in [4.69, 9.17) is 9.47 Å². The number of aromatic nitrogens is 2. The van der Waals surface area contributed by atoms with Crippen molar-refractivity contribution in [3.63, 3.8) is 0 Å². The Balaban J connectivity index is 1.14. The summed E-state index contributed by atoms with van der Waals surface area (Å²) in [6, 6.07) is 11.5. The van der Waals surface area contributed by atoms with Gasteiger partial charge >= 0.3 is 0 Å². The van der Waals surface area contributed by atoms with Crippen LogP contribution in [-0.4, -0.2) is 78.9 Å². The van der Waals surface area contributed by atoms with Gasteiger partial charge < -0.3 is 25.0 Å². The molecule has 3 heterocycles. The maximum atomic E-state index is 13.5. The summed E-state index contributed by atoms with van der Waals surface area (Å²) in [4.78, 5) is 24.6. The van der Waals surface area contributed by atoms with E-state index in [2.05, 4.69) is 50.9 Å². The van der Waals surface area contributed by atoms with Crippen LogP contribution in [0.1, 0.15) is 65.5 Å². The zero-order chi connectivity index (χ0) is 25.8. The number of nitrogens with one attached hydrogen (secondary N) is 2. The Hall–Kier alpha value is -2.55. The number of ether oxygens (including phenoxy) is 2. The van der Waals surface area contributed by atoms with Crippen LogP contribution < -0.4 is 10.6 Å². The third-order valence-corrected chi connectivity index (χ3v) is 8.36. The molecule has 200 valence electrons. The van der Waals surface area contributed by atoms with Crippen LogP contribution in [0.15, 0.2) is 30.3 Å². The van der Waals surface area contributed by atoms with Crippen molar-refractivity contribution >= 4 is 11.7 Å². The van der Waals surface area contributed by atoms with Crippen LogP contribution in [-0.2, 0) is 9.47 Å². The second-order valence-corrected chi connectivity index (χ2v) is 10.9. The molecule has 2 N–H and O–H groups in total. The van der Waals surface area contributed by atoms with Crippen molar-refractivity contribution in [3.05, 3.63) is 53.0 Å². The first kappa shape index (κ1) is 26.1. The standard InChI is InChI=1S/C29H41N5O3/c1-19-27(29(35)34-12-9-24(10-13-34)33-25-11-14-37-18-26(25)36-3)31-20(2)32-28(19)30-17-21-15-23(16-21)22-7-5-4-6-8-22/h4-8,21,23-26,33H,9-18H2,1-3H3,(H,30,31,32)/t21?,23?,25-,26?/m0/s1. The van der Waals surface area contributed by atoms with Crippen LogP contribution in [0.2, 0.25) is 0 Å². The van der Waals surface area contributed by atoms with E-state index in [1.807, 2.05) is 18.7 Å². The summed E-state index contributed by atoms with van der Waals surface area (Å²) in [5.74, 6) is 2.72. The van der Waals surface area contributed by atoms with Gasteiger partial charge in [0.05, 0.1) is 12.7 Å². The summed E-state index contributed by atoms with van der Waals surface area (Å²) in [5, 5.41) is 7.30. The van der Waals surface area contributed by atoms with E-state index in [0.717, 1.165) is 56.9 Å². The Labute approximate surface area is 220 Å². The molecule has 0 bridgehead atoms. The molecule has 2 aliphatic heterocycles. The number of piperidine rings is 1. The van der Waals surface area contributed by atoms with Crippen molar-refractivity contribution in [2.75, 3.05) is 45.3 Å². The first-order valence-corrected chi connectivity index (χ1v) is 13.8. The third kappa shape index (κ3) is 6.13. The number of hydrogen-bond donors (Lipinski definition) is 2. The lowest BCUT2D eigenvalue weighted by molar-refractivity contribution is -0.0533. The zero-order valence-corrected chi connectivity index (χ0v) is 22.4. The highest BCUT2D eigenvalue weighted by molar-refractivity contribution is 5.94. The number of amides is 1. The molecule has 1 unspecified atom stereocenters. The highest BCUT2D eigenvalue weighted by Crippen LogP contribution is 2.41. The van der Waals surface area contributed by atoms with E-state index in [1.54, 1.807) is 7.11 Å². The second kappa shape index (κ2) is 11.9. The lowest BCUT2D eigenvalue weighted by atomic mass is 9.71. The summed E-state index contributed by atoms with van der Waals surface area (Å²) >= 11 is 0. The Morgan fingerprint density at radius 1 is 1.11 bits per heavy atom. The van der Waals surface area contributed by atoms with Crippen molar-refractivity contribution in [2.24, 2.45) is 5.92 Å². The number of benzene rings is 1. The van der Waals surface area contributed by atoms with Crippen LogP contribution in [0, 0.1) is 19.8 Å². The van der Waals surface area contributed by atoms with Gasteiger partial charge in [-0.1, -0.05) is 30.3 Å². The molecular weight excluding hydrogens is 466 g/mol. The molecule has 1 aromatic carbocycles. The van der Waals surface area contributed by atoms with Crippen molar-refractivity contribution in [2.45, 2.75) is 70.1 Å². The van der Waals surface area contributed by atoms with E-state index in [9.17, 15) is 4.79 Å². The molecule has 8 nitrogen and oxygen atoms in total. The number of aryl methyl sites for hydroxylation is 1. The number of carbonyl (C=O) groups is 1. The van der Waals surface area contributed by atoms with E-state index >= 15 is 0 Å². The topological polar surface area (TPSA) is 88.6 Å². The molecule has 1 aromatic heterocycles. The Bertz CT molecular complexity index is 1050. The number of hydrogen-bond acceptors (Lipinski definition) is 7. The van der Waals surface area contributed by atoms with Gasteiger partial charge in [0.2, 0.25) is 0 Å². The molecule has 2 aromatic rings. The third-order valence-electron chi connectivity index (χ3n) is 8.36. The van der Waals surface area contributed by atoms with E-state index in [-0.39, 0.29) is 12.0 Å². The molecule has 3 fully saturated rings. The van der Waals surface area contributed by atoms with Crippen LogP contribution in [0.25, 0.3) is 0 Å². The first-order chi connectivity index (χ1) is 18.0. The van der Waals surface area contributed by atoms with Gasteiger partial charge in [0, 0.05) is 51.0 Å². The SMILES string of the molecule is COC1COCC[C@@H]1NC1CCN(C(=O)c2nc(C)nc(NCC3CC(c4ccccc4)C3)c2C)CC1. The van der Waals surface area contributed by atoms with Gasteiger partial charge in [0.15, 0.2) is 0 Å². The van der Waals surface area contributed by atoms with E-state index in [0.29, 0.717) is 42.0 Å². The van der Waals surface area contributed by atoms with Crippen LogP contribution in [0.5, 0.6) is 0 Å². The van der Waals surface area contributed by atoms with Gasteiger partial charge in [-0.2, -0.15) is 0 Å². The number of carbonyl (C=O) groups excluding carboxylic acids is 1. The predicted molar refractivity (Wildman–Crippen MR) is 144 cm³/mol. The molecule has 5 rings (SSSR count). The Kier molecular flexibility index (Phi) is 8.37. The summed E-state index contributed by atoms with van der Waals surface area (Å²) in [5.41, 5.74) is 2.81. The van der Waals surface area contributed by atoms with Crippen LogP contribution in [0.3, 0.4) is 0 Å². The van der Waals surface area contributed by atoms with Crippen LogP contribution in [0.4, 0.5) is 5.82 Å². The Morgan fingerprint density at radius 3 is 2.59 bits per heavy atom. The normalized spacial score (nSPS) is 26.5. The fourth-order valence-corrected chi connectivity index (χ4v) is 5.99. The average Bonchev–Trinajstić information content (AvgIpc) is 2.90. The maximum absolute atomic E-state index is 13.5. The van der Waals surface area contributed by atoms with Crippen molar-refractivity contribution in [1.82, 2.24) is 20.2 Å². The highest BCUT2D eigenvalue weighted by Gasteiger charge is 2.32. The first-order valence-electron chi connectivity index (χ1n) is 13.8. The van der Waals surface area contributed by atoms with Gasteiger partial charge in [-0.25, -0.2) is 9.97 Å². The molecule has 1 amide bonds. The largest absolute Gasteiger partial charge is 0.379 e. The molecule has 1 saturated carbocycles. The minimum absolute atomic E-state index is 0.0121. The minimum Gasteiger partial charge on any atom is -0.379 e. The number of nitrogens with zero attached hydrogens (tertiary/aromatic N) is 3. The smallest absolute Gasteiger partial charge is 0.272 e. The highest BCUT2D eigenvalue weighted by atomic mass is 16.5. The van der Waals surface area contributed by atoms with Gasteiger partial charge in [-0.15, -0.1) is 0 Å². The molecule has 3 aliphatic rings. The molecule has 0 radical (unpaired) electrons. The summed E-state index contributed by atoms with van der Waals surface area (Å²) in [6.07, 6.45) is 5.29. The molecule has 0 spiro atoms. The molecule has 2 saturated heterocycles. The summed E-state index contributed by atoms with van der Waals surface area (Å²) in [6.45, 7) is 7.57. The van der Waals surface area contributed by atoms with E-state index < -0.39 is 0 Å². The average molecular weight is 508 g/mol. The summed E-state index contributed by atoms with van der Waals surface area (Å²) < 4.78 is 11.1. The Morgan fingerprint density at radius 2 is 1.86 bits per heavy atom. The molecule has 2 atom stereocenters. The number of anilines is 1. The van der Waals surface area contributed by atoms with Crippen molar-refractivity contribution in [1.29, 1.82) is 0 Å². The van der Waals surface area contributed by atoms with Gasteiger partial charge in [-0.05, 0) is 63.4 Å². The number of likely N-dealkylation sites (tertiary alicyclic amines) is 1. The van der Waals surface area contributed by atoms with Crippen LogP contribution >= 0.6 is 0 Å². The predicted octanol–water partition coefficient (Wildman–Crippen LogP) is 3.70. The van der Waals surface area contributed by atoms with Crippen molar-refractivity contribution in [3.8, 4) is 0 Å². The maximum Gasteiger partial charge on any atom is 0.272 e. The van der Waals surface area contributed by atoms with Gasteiger partial charge in [0.25, 0.3) is 5.91 Å². The molecule has 1 aliphatic carbocycles. The van der Waals surface area contributed by atoms with Gasteiger partial charge in [-0.3, -0.25) is 4.79 Å². The van der Waals surface area contributed by atoms with E-state index in [1.165, 1.54) is 18.4 Å². The summed E-state index contributed by atoms with van der Waals surface area (Å²) in [7, 11) is 1.75. The van der Waals surface area contributed by atoms with Gasteiger partial charge in [0.1, 0.15) is 17.3 Å². The quantitative estimate of drug-likeness (QED) is 0.563. The lowest BCUT2D eigenvalue weighted by Gasteiger charge is -2.38. The molecule has 8 heteroatoms. The monoisotopic (exact) mass is 507 g/mol. The number of methoxy groups -OCH3 is 1. The zero-order valence-electron chi connectivity index (χ0n) is 22.4. The fourth-order valence-electron chi connectivity index (χ4n) is 5.99. The lowest BCUT2D eigenvalue weighted by Crippen LogP contribution is -2.54. The molecular formula is C29H41N5O3. The minimum atomic E-state index is 0.0121. The second-order valence-electron chi connectivity index (χ2n) is 10.9. The fraction of sp³-hybridized carbons (Fsp3) is 0.621. The molecule has 37 heavy (non-hydrogen) atoms. The van der Waals surface area contributed by atoms with Crippen molar-refractivity contribution < 1.29 is 14.3 Å².